The summed E-state index contributed by atoms with van der Waals surface area (Å²) in [6.45, 7) is 2.30. The van der Waals surface area contributed by atoms with Crippen molar-refractivity contribution in [2.24, 2.45) is 0 Å². The zero-order valence-corrected chi connectivity index (χ0v) is 19.0. The molecule has 2 aromatic heterocycles. The molecule has 1 fully saturated rings. The highest BCUT2D eigenvalue weighted by atomic mass is 19.3. The van der Waals surface area contributed by atoms with Gasteiger partial charge in [0, 0.05) is 31.0 Å². The fourth-order valence-corrected chi connectivity index (χ4v) is 3.87. The number of amides is 1. The second-order valence-electron chi connectivity index (χ2n) is 8.06. The summed E-state index contributed by atoms with van der Waals surface area (Å²) in [5.74, 6) is 0.412. The molecule has 34 heavy (non-hydrogen) atoms. The summed E-state index contributed by atoms with van der Waals surface area (Å²) < 4.78 is 42.4. The molecule has 0 bridgehead atoms. The minimum absolute atomic E-state index is 0.0299. The van der Waals surface area contributed by atoms with Crippen LogP contribution in [-0.2, 0) is 9.53 Å². The van der Waals surface area contributed by atoms with Crippen LogP contribution in [0.15, 0.2) is 36.7 Å². The average molecular weight is 473 g/mol. The van der Waals surface area contributed by atoms with Gasteiger partial charge in [-0.05, 0) is 31.2 Å². The third-order valence-electron chi connectivity index (χ3n) is 5.60. The van der Waals surface area contributed by atoms with Crippen molar-refractivity contribution < 1.29 is 27.8 Å². The summed E-state index contributed by atoms with van der Waals surface area (Å²) in [7, 11) is 3.12. The molecule has 1 aliphatic rings. The maximum absolute atomic E-state index is 12.9. The van der Waals surface area contributed by atoms with Crippen molar-refractivity contribution in [3.8, 4) is 22.8 Å². The van der Waals surface area contributed by atoms with E-state index in [2.05, 4.69) is 15.3 Å². The molecule has 1 N–H and O–H groups in total. The van der Waals surface area contributed by atoms with Gasteiger partial charge < -0.3 is 24.4 Å². The quantitative estimate of drug-likeness (QED) is 0.559. The van der Waals surface area contributed by atoms with Gasteiger partial charge in [0.25, 0.3) is 5.91 Å². The number of nitrogens with one attached hydrogen (secondary N) is 1. The first-order chi connectivity index (χ1) is 16.3. The van der Waals surface area contributed by atoms with Crippen molar-refractivity contribution in [3.05, 3.63) is 36.7 Å². The van der Waals surface area contributed by atoms with E-state index in [-0.39, 0.29) is 26.2 Å². The summed E-state index contributed by atoms with van der Waals surface area (Å²) in [6, 6.07) is 7.27. The number of ether oxygens (including phenoxy) is 3. The SMILES string of the molecule is COc1ccc(-c2cc3nccnc3c(NC[C@@]3(C)CN(C(=O)C(F)F)CCO3)n2)cc1OC. The Balaban J connectivity index is 1.63. The Labute approximate surface area is 195 Å². The molecule has 0 unspecified atom stereocenters. The number of methoxy groups -OCH3 is 2. The number of fused-ring (bicyclic) bond motifs is 1. The number of halogens is 2. The van der Waals surface area contributed by atoms with Gasteiger partial charge in [-0.25, -0.2) is 9.97 Å². The number of pyridine rings is 1. The first-order valence-corrected chi connectivity index (χ1v) is 10.6. The highest BCUT2D eigenvalue weighted by Crippen LogP contribution is 2.33. The van der Waals surface area contributed by atoms with Crippen molar-refractivity contribution in [3.63, 3.8) is 0 Å². The lowest BCUT2D eigenvalue weighted by molar-refractivity contribution is -0.157. The van der Waals surface area contributed by atoms with Gasteiger partial charge in [-0.2, -0.15) is 8.78 Å². The number of alkyl halides is 2. The standard InChI is InChI=1S/C23H25F2N5O4/c1-23(13-30(8-9-34-23)22(31)20(24)25)12-28-21-19-16(26-6-7-27-19)11-15(29-21)14-4-5-17(32-2)18(10-14)33-3/h4-7,10-11,20H,8-9,12-13H2,1-3H3,(H,28,29)/t23-/m0/s1. The maximum Gasteiger partial charge on any atom is 0.315 e. The molecular weight excluding hydrogens is 448 g/mol. The molecule has 0 spiro atoms. The third kappa shape index (κ3) is 4.84. The van der Waals surface area contributed by atoms with Gasteiger partial charge in [-0.3, -0.25) is 9.78 Å². The van der Waals surface area contributed by atoms with Gasteiger partial charge in [0.2, 0.25) is 0 Å². The van der Waals surface area contributed by atoms with Crippen LogP contribution >= 0.6 is 0 Å². The van der Waals surface area contributed by atoms with E-state index in [4.69, 9.17) is 19.2 Å². The molecule has 1 aliphatic heterocycles. The van der Waals surface area contributed by atoms with E-state index in [0.29, 0.717) is 34.0 Å². The van der Waals surface area contributed by atoms with Crippen LogP contribution in [-0.4, -0.2) is 78.2 Å². The van der Waals surface area contributed by atoms with Crippen LogP contribution in [0.3, 0.4) is 0 Å². The number of carbonyl (C=O) groups excluding carboxylic acids is 1. The maximum atomic E-state index is 12.9. The zero-order valence-electron chi connectivity index (χ0n) is 19.0. The number of aromatic nitrogens is 3. The zero-order chi connectivity index (χ0) is 24.3. The van der Waals surface area contributed by atoms with Gasteiger partial charge in [0.1, 0.15) is 11.1 Å². The molecule has 9 nitrogen and oxygen atoms in total. The molecule has 11 heteroatoms. The Morgan fingerprint density at radius 3 is 2.71 bits per heavy atom. The van der Waals surface area contributed by atoms with E-state index in [1.165, 1.54) is 0 Å². The van der Waals surface area contributed by atoms with Crippen molar-refractivity contribution in [2.45, 2.75) is 19.0 Å². The highest BCUT2D eigenvalue weighted by Gasteiger charge is 2.36. The molecular formula is C23H25F2N5O4. The van der Waals surface area contributed by atoms with Gasteiger partial charge in [0.05, 0.1) is 38.6 Å². The Morgan fingerprint density at radius 1 is 1.21 bits per heavy atom. The number of nitrogens with zero attached hydrogens (tertiary/aromatic N) is 4. The summed E-state index contributed by atoms with van der Waals surface area (Å²) in [5, 5.41) is 3.23. The monoisotopic (exact) mass is 473 g/mol. The van der Waals surface area contributed by atoms with E-state index in [9.17, 15) is 13.6 Å². The number of carbonyl (C=O) groups is 1. The predicted molar refractivity (Wildman–Crippen MR) is 121 cm³/mol. The van der Waals surface area contributed by atoms with Crippen molar-refractivity contribution in [1.29, 1.82) is 0 Å². The Hall–Kier alpha value is -3.60. The average Bonchev–Trinajstić information content (AvgIpc) is 2.86. The normalized spacial score (nSPS) is 18.2. The third-order valence-corrected chi connectivity index (χ3v) is 5.60. The lowest BCUT2D eigenvalue weighted by Crippen LogP contribution is -2.56. The summed E-state index contributed by atoms with van der Waals surface area (Å²) in [4.78, 5) is 26.4. The fourth-order valence-electron chi connectivity index (χ4n) is 3.87. The molecule has 1 aromatic carbocycles. The molecule has 1 atom stereocenters. The van der Waals surface area contributed by atoms with E-state index in [0.717, 1.165) is 10.5 Å². The largest absolute Gasteiger partial charge is 0.493 e. The van der Waals surface area contributed by atoms with Gasteiger partial charge in [-0.1, -0.05) is 0 Å². The summed E-state index contributed by atoms with van der Waals surface area (Å²) in [6.07, 6.45) is 0.103. The molecule has 3 aromatic rings. The first-order valence-electron chi connectivity index (χ1n) is 10.6. The van der Waals surface area contributed by atoms with Crippen LogP contribution in [0.5, 0.6) is 11.5 Å². The van der Waals surface area contributed by atoms with Crippen LogP contribution in [0.2, 0.25) is 0 Å². The number of hydrogen-bond donors (Lipinski definition) is 1. The molecule has 180 valence electrons. The van der Waals surface area contributed by atoms with Crippen molar-refractivity contribution in [2.75, 3.05) is 45.8 Å². The smallest absolute Gasteiger partial charge is 0.315 e. The van der Waals surface area contributed by atoms with Crippen LogP contribution in [0, 0.1) is 0 Å². The fraction of sp³-hybridized carbons (Fsp3) is 0.391. The second-order valence-corrected chi connectivity index (χ2v) is 8.06. The number of hydrogen-bond acceptors (Lipinski definition) is 8. The van der Waals surface area contributed by atoms with Crippen molar-refractivity contribution in [1.82, 2.24) is 19.9 Å². The lowest BCUT2D eigenvalue weighted by atomic mass is 10.0. The van der Waals surface area contributed by atoms with Crippen LogP contribution in [0.1, 0.15) is 6.92 Å². The molecule has 4 rings (SSSR count). The minimum atomic E-state index is -3.05. The van der Waals surface area contributed by atoms with Crippen LogP contribution in [0.25, 0.3) is 22.3 Å². The molecule has 1 amide bonds. The van der Waals surface area contributed by atoms with Crippen molar-refractivity contribution >= 4 is 22.8 Å². The molecule has 0 saturated carbocycles. The highest BCUT2D eigenvalue weighted by molar-refractivity contribution is 5.88. The predicted octanol–water partition coefficient (Wildman–Crippen LogP) is 3.00. The summed E-state index contributed by atoms with van der Waals surface area (Å²) >= 11 is 0. The Kier molecular flexibility index (Phi) is 6.73. The number of benzene rings is 1. The second kappa shape index (κ2) is 9.72. The molecule has 1 saturated heterocycles. The minimum Gasteiger partial charge on any atom is -0.493 e. The van der Waals surface area contributed by atoms with E-state index in [1.807, 2.05) is 18.2 Å². The Bertz CT molecular complexity index is 1200. The molecule has 0 radical (unpaired) electrons. The van der Waals surface area contributed by atoms with E-state index < -0.39 is 17.9 Å². The topological polar surface area (TPSA) is 98.7 Å². The van der Waals surface area contributed by atoms with Gasteiger partial charge in [-0.15, -0.1) is 0 Å². The Morgan fingerprint density at radius 2 is 1.97 bits per heavy atom. The molecule has 3 heterocycles. The number of anilines is 1. The van der Waals surface area contributed by atoms with Crippen LogP contribution < -0.4 is 14.8 Å². The van der Waals surface area contributed by atoms with E-state index >= 15 is 0 Å². The first kappa shape index (κ1) is 23.6. The number of morpholine rings is 1. The lowest BCUT2D eigenvalue weighted by Gasteiger charge is -2.40. The molecule has 0 aliphatic carbocycles. The van der Waals surface area contributed by atoms with Gasteiger partial charge >= 0.3 is 6.43 Å². The van der Waals surface area contributed by atoms with Gasteiger partial charge in [0.15, 0.2) is 17.3 Å². The summed E-state index contributed by atoms with van der Waals surface area (Å²) in [5.41, 5.74) is 1.68. The number of rotatable bonds is 7. The van der Waals surface area contributed by atoms with E-state index in [1.54, 1.807) is 39.6 Å². The van der Waals surface area contributed by atoms with Crippen LogP contribution in [0.4, 0.5) is 14.6 Å².